The largest absolute Gasteiger partial charge is 0.299 e. The van der Waals surface area contributed by atoms with Crippen molar-refractivity contribution in [1.29, 1.82) is 0 Å². The molecule has 1 nitrogen and oxygen atoms in total. The SMILES string of the molecule is O=C(CCc1cccs1)CSc1cccc(Cl)c1. The Morgan fingerprint density at radius 1 is 1.28 bits per heavy atom. The lowest BCUT2D eigenvalue weighted by Crippen LogP contribution is -2.02. The maximum Gasteiger partial charge on any atom is 0.143 e. The highest BCUT2D eigenvalue weighted by atomic mass is 35.5. The topological polar surface area (TPSA) is 17.1 Å². The number of thiophene rings is 1. The van der Waals surface area contributed by atoms with Crippen molar-refractivity contribution in [2.24, 2.45) is 0 Å². The summed E-state index contributed by atoms with van der Waals surface area (Å²) in [6, 6.07) is 11.7. The quantitative estimate of drug-likeness (QED) is 0.719. The van der Waals surface area contributed by atoms with Crippen molar-refractivity contribution >= 4 is 40.5 Å². The molecule has 0 saturated heterocycles. The maximum atomic E-state index is 11.7. The van der Waals surface area contributed by atoms with Crippen LogP contribution in [0.15, 0.2) is 46.7 Å². The minimum Gasteiger partial charge on any atom is -0.299 e. The molecule has 1 heterocycles. The van der Waals surface area contributed by atoms with Gasteiger partial charge in [0.1, 0.15) is 5.78 Å². The van der Waals surface area contributed by atoms with Crippen LogP contribution in [-0.4, -0.2) is 11.5 Å². The number of carbonyl (C=O) groups is 1. The number of hydrogen-bond acceptors (Lipinski definition) is 3. The second-order valence-electron chi connectivity index (χ2n) is 3.86. The monoisotopic (exact) mass is 296 g/mol. The summed E-state index contributed by atoms with van der Waals surface area (Å²) < 4.78 is 0. The van der Waals surface area contributed by atoms with Crippen LogP contribution in [-0.2, 0) is 11.2 Å². The molecule has 0 aliphatic carbocycles. The molecule has 0 bridgehead atoms. The van der Waals surface area contributed by atoms with E-state index < -0.39 is 0 Å². The van der Waals surface area contributed by atoms with E-state index in [4.69, 9.17) is 11.6 Å². The van der Waals surface area contributed by atoms with Crippen molar-refractivity contribution in [3.05, 3.63) is 51.7 Å². The van der Waals surface area contributed by atoms with Gasteiger partial charge < -0.3 is 0 Å². The van der Waals surface area contributed by atoms with E-state index in [1.807, 2.05) is 35.7 Å². The zero-order chi connectivity index (χ0) is 12.8. The average Bonchev–Trinajstić information content (AvgIpc) is 2.87. The van der Waals surface area contributed by atoms with E-state index in [2.05, 4.69) is 6.07 Å². The Kier molecular flexibility index (Phi) is 5.29. The molecular weight excluding hydrogens is 284 g/mol. The fourth-order valence-electron chi connectivity index (χ4n) is 1.51. The molecule has 0 amide bonds. The zero-order valence-electron chi connectivity index (χ0n) is 9.77. The van der Waals surface area contributed by atoms with Crippen molar-refractivity contribution in [1.82, 2.24) is 0 Å². The second-order valence-corrected chi connectivity index (χ2v) is 6.38. The lowest BCUT2D eigenvalue weighted by Gasteiger charge is -2.01. The summed E-state index contributed by atoms with van der Waals surface area (Å²) in [5.74, 6) is 0.805. The molecule has 0 radical (unpaired) electrons. The van der Waals surface area contributed by atoms with Gasteiger partial charge in [0.2, 0.25) is 0 Å². The third-order valence-electron chi connectivity index (χ3n) is 2.43. The Morgan fingerprint density at radius 3 is 2.89 bits per heavy atom. The molecule has 0 unspecified atom stereocenters. The van der Waals surface area contributed by atoms with Crippen molar-refractivity contribution < 1.29 is 4.79 Å². The van der Waals surface area contributed by atoms with Crippen LogP contribution in [0.25, 0.3) is 0 Å². The van der Waals surface area contributed by atoms with Crippen LogP contribution in [0.4, 0.5) is 0 Å². The van der Waals surface area contributed by atoms with E-state index in [1.54, 1.807) is 23.1 Å². The highest BCUT2D eigenvalue weighted by Crippen LogP contribution is 2.22. The summed E-state index contributed by atoms with van der Waals surface area (Å²) in [6.07, 6.45) is 1.47. The van der Waals surface area contributed by atoms with Crippen LogP contribution in [0.1, 0.15) is 11.3 Å². The van der Waals surface area contributed by atoms with Gasteiger partial charge in [-0.1, -0.05) is 23.7 Å². The lowest BCUT2D eigenvalue weighted by molar-refractivity contribution is -0.116. The summed E-state index contributed by atoms with van der Waals surface area (Å²) in [6.45, 7) is 0. The summed E-state index contributed by atoms with van der Waals surface area (Å²) in [4.78, 5) is 14.1. The highest BCUT2D eigenvalue weighted by molar-refractivity contribution is 8.00. The normalized spacial score (nSPS) is 10.5. The number of Topliss-reactive ketones (excluding diaryl/α,β-unsaturated/α-hetero) is 1. The lowest BCUT2D eigenvalue weighted by atomic mass is 10.2. The van der Waals surface area contributed by atoms with Crippen molar-refractivity contribution in [2.75, 3.05) is 5.75 Å². The van der Waals surface area contributed by atoms with Gasteiger partial charge in [-0.2, -0.15) is 0 Å². The fourth-order valence-corrected chi connectivity index (χ4v) is 3.33. The Bertz CT molecular complexity index is 508. The van der Waals surface area contributed by atoms with Gasteiger partial charge in [-0.15, -0.1) is 23.1 Å². The van der Waals surface area contributed by atoms with Gasteiger partial charge in [0, 0.05) is 21.2 Å². The van der Waals surface area contributed by atoms with Gasteiger partial charge in [-0.05, 0) is 36.1 Å². The molecule has 0 fully saturated rings. The Labute approximate surface area is 120 Å². The predicted molar refractivity (Wildman–Crippen MR) is 79.8 cm³/mol. The van der Waals surface area contributed by atoms with E-state index in [9.17, 15) is 4.79 Å². The fraction of sp³-hybridized carbons (Fsp3) is 0.214. The predicted octanol–water partition coefficient (Wildman–Crippen LogP) is 4.70. The smallest absolute Gasteiger partial charge is 0.143 e. The molecule has 0 N–H and O–H groups in total. The standard InChI is InChI=1S/C14H13ClOS2/c15-11-3-1-4-14(9-11)18-10-12(16)6-7-13-5-2-8-17-13/h1-5,8-9H,6-7,10H2. The van der Waals surface area contributed by atoms with Gasteiger partial charge in [0.25, 0.3) is 0 Å². The number of benzene rings is 1. The Hall–Kier alpha value is -0.770. The minimum atomic E-state index is 0.286. The number of hydrogen-bond donors (Lipinski definition) is 0. The highest BCUT2D eigenvalue weighted by Gasteiger charge is 2.05. The van der Waals surface area contributed by atoms with Crippen LogP contribution in [0.2, 0.25) is 5.02 Å². The van der Waals surface area contributed by atoms with Gasteiger partial charge in [0.05, 0.1) is 5.75 Å². The first kappa shape index (κ1) is 13.7. The number of carbonyl (C=O) groups excluding carboxylic acids is 1. The first-order valence-corrected chi connectivity index (χ1v) is 7.91. The number of thioether (sulfide) groups is 1. The molecule has 2 aromatic rings. The summed E-state index contributed by atoms with van der Waals surface area (Å²) >= 11 is 9.15. The first-order valence-electron chi connectivity index (χ1n) is 5.66. The van der Waals surface area contributed by atoms with Crippen LogP contribution in [0.5, 0.6) is 0 Å². The number of ketones is 1. The van der Waals surface area contributed by atoms with Gasteiger partial charge in [0.15, 0.2) is 0 Å². The molecule has 0 atom stereocenters. The average molecular weight is 297 g/mol. The molecule has 94 valence electrons. The van der Waals surface area contributed by atoms with Gasteiger partial charge in [-0.3, -0.25) is 4.79 Å². The number of aryl methyl sites for hydroxylation is 1. The van der Waals surface area contributed by atoms with Crippen LogP contribution in [0.3, 0.4) is 0 Å². The van der Waals surface area contributed by atoms with Crippen LogP contribution >= 0.6 is 34.7 Å². The molecule has 2 rings (SSSR count). The van der Waals surface area contributed by atoms with Gasteiger partial charge >= 0.3 is 0 Å². The third-order valence-corrected chi connectivity index (χ3v) is 4.65. The molecule has 4 heteroatoms. The first-order chi connectivity index (χ1) is 8.74. The third kappa shape index (κ3) is 4.48. The Morgan fingerprint density at radius 2 is 2.17 bits per heavy atom. The molecule has 18 heavy (non-hydrogen) atoms. The molecule has 0 saturated carbocycles. The van der Waals surface area contributed by atoms with E-state index in [0.717, 1.165) is 11.3 Å². The Balaban J connectivity index is 1.75. The van der Waals surface area contributed by atoms with Crippen LogP contribution < -0.4 is 0 Å². The number of halogens is 1. The van der Waals surface area contributed by atoms with Gasteiger partial charge in [-0.25, -0.2) is 0 Å². The van der Waals surface area contributed by atoms with E-state index in [-0.39, 0.29) is 5.78 Å². The minimum absolute atomic E-state index is 0.286. The van der Waals surface area contributed by atoms with Crippen molar-refractivity contribution in [3.8, 4) is 0 Å². The molecule has 0 aliphatic rings. The molecule has 0 aliphatic heterocycles. The molecule has 0 spiro atoms. The summed E-state index contributed by atoms with van der Waals surface area (Å²) in [5.41, 5.74) is 0. The summed E-state index contributed by atoms with van der Waals surface area (Å²) in [7, 11) is 0. The van der Waals surface area contributed by atoms with Crippen LogP contribution in [0, 0.1) is 0 Å². The van der Waals surface area contributed by atoms with E-state index in [1.165, 1.54) is 4.88 Å². The molecule has 1 aromatic heterocycles. The molecular formula is C14H13ClOS2. The zero-order valence-corrected chi connectivity index (χ0v) is 12.2. The molecule has 1 aromatic carbocycles. The van der Waals surface area contributed by atoms with Crippen molar-refractivity contribution in [2.45, 2.75) is 17.7 Å². The van der Waals surface area contributed by atoms with E-state index >= 15 is 0 Å². The maximum absolute atomic E-state index is 11.7. The number of rotatable bonds is 6. The van der Waals surface area contributed by atoms with E-state index in [0.29, 0.717) is 17.2 Å². The summed E-state index contributed by atoms with van der Waals surface area (Å²) in [5, 5.41) is 2.76. The second kappa shape index (κ2) is 6.98. The van der Waals surface area contributed by atoms with Crippen molar-refractivity contribution in [3.63, 3.8) is 0 Å².